The molecule has 0 aromatic heterocycles. The number of aliphatic hydroxyl groups is 1. The molecular weight excluding hydrogens is 268 g/mol. The first-order chi connectivity index (χ1) is 9.60. The summed E-state index contributed by atoms with van der Waals surface area (Å²) in [5, 5.41) is 10.4. The van der Waals surface area contributed by atoms with Crippen LogP contribution in [0.5, 0.6) is 0 Å². The molecular formula is C18H21ClO. The van der Waals surface area contributed by atoms with Crippen LogP contribution in [0, 0.1) is 19.8 Å². The molecule has 0 aliphatic rings. The summed E-state index contributed by atoms with van der Waals surface area (Å²) in [7, 11) is 0. The van der Waals surface area contributed by atoms with E-state index >= 15 is 0 Å². The first kappa shape index (κ1) is 15.1. The molecule has 0 heterocycles. The molecule has 2 aromatic carbocycles. The fraction of sp³-hybridized carbons (Fsp3) is 0.333. The Morgan fingerprint density at radius 3 is 2.25 bits per heavy atom. The lowest BCUT2D eigenvalue weighted by atomic mass is 9.89. The number of aliphatic hydroxyl groups excluding tert-OH is 1. The molecule has 0 saturated heterocycles. The smallest absolute Gasteiger partial charge is 0.0465 e. The van der Waals surface area contributed by atoms with Crippen LogP contribution >= 0.6 is 11.6 Å². The van der Waals surface area contributed by atoms with Crippen LogP contribution in [0.1, 0.15) is 22.3 Å². The summed E-state index contributed by atoms with van der Waals surface area (Å²) < 4.78 is 0. The highest BCUT2D eigenvalue weighted by Gasteiger charge is 2.13. The summed E-state index contributed by atoms with van der Waals surface area (Å²) in [4.78, 5) is 0. The third kappa shape index (κ3) is 3.84. The van der Waals surface area contributed by atoms with Crippen molar-refractivity contribution in [2.24, 2.45) is 5.92 Å². The number of rotatable bonds is 5. The molecule has 0 fully saturated rings. The second-order valence-electron chi connectivity index (χ2n) is 5.46. The first-order valence-electron chi connectivity index (χ1n) is 7.00. The lowest BCUT2D eigenvalue weighted by Gasteiger charge is -2.17. The molecule has 0 saturated carbocycles. The van der Waals surface area contributed by atoms with Crippen molar-refractivity contribution < 1.29 is 5.11 Å². The minimum Gasteiger partial charge on any atom is -0.396 e. The van der Waals surface area contributed by atoms with Crippen LogP contribution < -0.4 is 0 Å². The van der Waals surface area contributed by atoms with Crippen LogP contribution in [-0.2, 0) is 12.8 Å². The van der Waals surface area contributed by atoms with Crippen molar-refractivity contribution in [1.82, 2.24) is 0 Å². The molecule has 0 amide bonds. The minimum atomic E-state index is 0.195. The molecule has 2 heteroatoms. The topological polar surface area (TPSA) is 20.2 Å². The number of hydrogen-bond donors (Lipinski definition) is 1. The van der Waals surface area contributed by atoms with E-state index in [-0.39, 0.29) is 12.5 Å². The Morgan fingerprint density at radius 1 is 1.00 bits per heavy atom. The van der Waals surface area contributed by atoms with E-state index in [1.165, 1.54) is 22.3 Å². The highest BCUT2D eigenvalue weighted by molar-refractivity contribution is 6.30. The summed E-state index contributed by atoms with van der Waals surface area (Å²) in [6, 6.07) is 14.2. The van der Waals surface area contributed by atoms with Crippen molar-refractivity contribution in [2.45, 2.75) is 26.7 Å². The Morgan fingerprint density at radius 2 is 1.65 bits per heavy atom. The van der Waals surface area contributed by atoms with E-state index in [1.54, 1.807) is 0 Å². The summed E-state index contributed by atoms with van der Waals surface area (Å²) in [6.45, 7) is 4.46. The second kappa shape index (κ2) is 6.92. The summed E-state index contributed by atoms with van der Waals surface area (Å²) in [5.41, 5.74) is 5.14. The maximum absolute atomic E-state index is 9.67. The Hall–Kier alpha value is -1.31. The number of halogens is 1. The monoisotopic (exact) mass is 288 g/mol. The van der Waals surface area contributed by atoms with E-state index in [9.17, 15) is 5.11 Å². The number of benzene rings is 2. The van der Waals surface area contributed by atoms with Gasteiger partial charge in [-0.25, -0.2) is 0 Å². The average molecular weight is 289 g/mol. The van der Waals surface area contributed by atoms with Crippen molar-refractivity contribution in [2.75, 3.05) is 6.61 Å². The third-order valence-electron chi connectivity index (χ3n) is 3.81. The zero-order valence-corrected chi connectivity index (χ0v) is 12.8. The Bertz CT molecular complexity index is 557. The molecule has 1 atom stereocenters. The van der Waals surface area contributed by atoms with E-state index in [4.69, 9.17) is 11.6 Å². The zero-order valence-electron chi connectivity index (χ0n) is 12.1. The van der Waals surface area contributed by atoms with Gasteiger partial charge in [0, 0.05) is 11.6 Å². The molecule has 1 N–H and O–H groups in total. The van der Waals surface area contributed by atoms with E-state index in [1.807, 2.05) is 18.2 Å². The highest BCUT2D eigenvalue weighted by Crippen LogP contribution is 2.21. The van der Waals surface area contributed by atoms with Crippen molar-refractivity contribution in [1.29, 1.82) is 0 Å². The predicted octanol–water partition coefficient (Wildman–Crippen LogP) is 4.35. The van der Waals surface area contributed by atoms with Gasteiger partial charge in [0.15, 0.2) is 0 Å². The molecule has 0 bridgehead atoms. The summed E-state index contributed by atoms with van der Waals surface area (Å²) >= 11 is 6.02. The number of aryl methyl sites for hydroxylation is 2. The molecule has 2 aromatic rings. The van der Waals surface area contributed by atoms with E-state index in [0.717, 1.165) is 17.9 Å². The maximum atomic E-state index is 9.67. The van der Waals surface area contributed by atoms with Crippen molar-refractivity contribution in [3.05, 3.63) is 69.7 Å². The molecule has 0 radical (unpaired) electrons. The van der Waals surface area contributed by atoms with Crippen LogP contribution in [0.2, 0.25) is 5.02 Å². The fourth-order valence-electron chi connectivity index (χ4n) is 2.66. The number of hydrogen-bond acceptors (Lipinski definition) is 1. The minimum absolute atomic E-state index is 0.195. The highest BCUT2D eigenvalue weighted by atomic mass is 35.5. The van der Waals surface area contributed by atoms with E-state index in [0.29, 0.717) is 0 Å². The van der Waals surface area contributed by atoms with Gasteiger partial charge in [0.1, 0.15) is 0 Å². The average Bonchev–Trinajstić information content (AvgIpc) is 2.42. The van der Waals surface area contributed by atoms with Gasteiger partial charge in [0.25, 0.3) is 0 Å². The molecule has 1 unspecified atom stereocenters. The summed E-state index contributed by atoms with van der Waals surface area (Å²) in [6.07, 6.45) is 1.76. The van der Waals surface area contributed by atoms with Crippen LogP contribution in [0.15, 0.2) is 42.5 Å². The van der Waals surface area contributed by atoms with Crippen molar-refractivity contribution in [3.8, 4) is 0 Å². The lowest BCUT2D eigenvalue weighted by molar-refractivity contribution is 0.224. The van der Waals surface area contributed by atoms with Gasteiger partial charge in [-0.05, 0) is 67.0 Å². The molecule has 20 heavy (non-hydrogen) atoms. The van der Waals surface area contributed by atoms with E-state index < -0.39 is 0 Å². The van der Waals surface area contributed by atoms with Gasteiger partial charge in [-0.1, -0.05) is 41.9 Å². The molecule has 2 rings (SSSR count). The summed E-state index contributed by atoms with van der Waals surface area (Å²) in [5.74, 6) is 0.230. The van der Waals surface area contributed by atoms with Crippen LogP contribution in [0.3, 0.4) is 0 Å². The van der Waals surface area contributed by atoms with Gasteiger partial charge in [0.2, 0.25) is 0 Å². The Labute approximate surface area is 126 Å². The second-order valence-corrected chi connectivity index (χ2v) is 5.89. The predicted molar refractivity (Wildman–Crippen MR) is 85.4 cm³/mol. The van der Waals surface area contributed by atoms with Gasteiger partial charge in [-0.3, -0.25) is 0 Å². The molecule has 0 aliphatic heterocycles. The van der Waals surface area contributed by atoms with E-state index in [2.05, 4.69) is 38.1 Å². The van der Waals surface area contributed by atoms with Crippen LogP contribution in [0.25, 0.3) is 0 Å². The molecule has 106 valence electrons. The lowest BCUT2D eigenvalue weighted by Crippen LogP contribution is -2.14. The molecule has 0 aliphatic carbocycles. The van der Waals surface area contributed by atoms with Gasteiger partial charge >= 0.3 is 0 Å². The van der Waals surface area contributed by atoms with Crippen LogP contribution in [0.4, 0.5) is 0 Å². The van der Waals surface area contributed by atoms with Crippen molar-refractivity contribution in [3.63, 3.8) is 0 Å². The van der Waals surface area contributed by atoms with Gasteiger partial charge in [-0.15, -0.1) is 0 Å². The maximum Gasteiger partial charge on any atom is 0.0465 e. The quantitative estimate of drug-likeness (QED) is 0.867. The van der Waals surface area contributed by atoms with Gasteiger partial charge < -0.3 is 5.11 Å². The Kier molecular flexibility index (Phi) is 5.22. The largest absolute Gasteiger partial charge is 0.396 e. The fourth-order valence-corrected chi connectivity index (χ4v) is 2.87. The molecule has 0 spiro atoms. The SMILES string of the molecule is Cc1cccc(C)c1CC(CO)Cc1cccc(Cl)c1. The van der Waals surface area contributed by atoms with Gasteiger partial charge in [-0.2, -0.15) is 0 Å². The van der Waals surface area contributed by atoms with Gasteiger partial charge in [0.05, 0.1) is 0 Å². The first-order valence-corrected chi connectivity index (χ1v) is 7.38. The third-order valence-corrected chi connectivity index (χ3v) is 4.04. The zero-order chi connectivity index (χ0) is 14.5. The standard InChI is InChI=1S/C18H21ClO/c1-13-5-3-6-14(2)18(13)11-16(12-20)9-15-7-4-8-17(19)10-15/h3-8,10,16,20H,9,11-12H2,1-2H3. The molecule has 1 nitrogen and oxygen atoms in total. The van der Waals surface area contributed by atoms with Crippen molar-refractivity contribution >= 4 is 11.6 Å². The van der Waals surface area contributed by atoms with Crippen LogP contribution in [-0.4, -0.2) is 11.7 Å². The normalized spacial score (nSPS) is 12.4. The Balaban J connectivity index is 2.13.